The molecule has 0 spiro atoms. The number of fused-ring (bicyclic) bond motifs is 2. The summed E-state index contributed by atoms with van der Waals surface area (Å²) >= 11 is 0. The predicted octanol–water partition coefficient (Wildman–Crippen LogP) is 2.53. The number of rotatable bonds is 8. The predicted molar refractivity (Wildman–Crippen MR) is 132 cm³/mol. The third kappa shape index (κ3) is 4.50. The van der Waals surface area contributed by atoms with Crippen LogP contribution in [0.3, 0.4) is 0 Å². The Kier molecular flexibility index (Phi) is 6.36. The zero-order chi connectivity index (χ0) is 25.1. The fourth-order valence-corrected chi connectivity index (χ4v) is 4.30. The normalized spacial score (nSPS) is 12.7. The molecular formula is C27H23N5O4. The van der Waals surface area contributed by atoms with E-state index in [1.165, 1.54) is 9.58 Å². The van der Waals surface area contributed by atoms with Gasteiger partial charge in [0.2, 0.25) is 5.91 Å². The van der Waals surface area contributed by atoms with Crippen LogP contribution in [0.1, 0.15) is 44.9 Å². The van der Waals surface area contributed by atoms with Crippen molar-refractivity contribution < 1.29 is 14.4 Å². The van der Waals surface area contributed by atoms with Crippen molar-refractivity contribution in [1.82, 2.24) is 25.0 Å². The van der Waals surface area contributed by atoms with Gasteiger partial charge in [-0.2, -0.15) is 5.10 Å². The van der Waals surface area contributed by atoms with Gasteiger partial charge in [0, 0.05) is 24.5 Å². The summed E-state index contributed by atoms with van der Waals surface area (Å²) in [6.07, 6.45) is 2.13. The highest BCUT2D eigenvalue weighted by molar-refractivity contribution is 6.21. The second-order valence-electron chi connectivity index (χ2n) is 8.46. The molecule has 9 nitrogen and oxygen atoms in total. The molecule has 3 heterocycles. The van der Waals surface area contributed by atoms with Crippen LogP contribution in [0.2, 0.25) is 0 Å². The van der Waals surface area contributed by atoms with E-state index in [4.69, 9.17) is 0 Å². The largest absolute Gasteiger partial charge is 0.350 e. The van der Waals surface area contributed by atoms with Gasteiger partial charge in [-0.05, 0) is 36.8 Å². The van der Waals surface area contributed by atoms with Gasteiger partial charge in [0.25, 0.3) is 17.4 Å². The van der Waals surface area contributed by atoms with Crippen LogP contribution in [0.15, 0.2) is 77.7 Å². The van der Waals surface area contributed by atoms with Gasteiger partial charge in [-0.25, -0.2) is 4.68 Å². The maximum Gasteiger partial charge on any atom is 0.275 e. The summed E-state index contributed by atoms with van der Waals surface area (Å²) in [5.74, 6) is -0.899. The van der Waals surface area contributed by atoms with Crippen LogP contribution in [0.25, 0.3) is 10.8 Å². The minimum atomic E-state index is -0.332. The topological polar surface area (TPSA) is 114 Å². The van der Waals surface area contributed by atoms with Crippen molar-refractivity contribution in [1.29, 1.82) is 0 Å². The smallest absolute Gasteiger partial charge is 0.275 e. The number of amides is 3. The first-order valence-corrected chi connectivity index (χ1v) is 11.6. The van der Waals surface area contributed by atoms with E-state index < -0.39 is 0 Å². The summed E-state index contributed by atoms with van der Waals surface area (Å²) in [4.78, 5) is 55.9. The van der Waals surface area contributed by atoms with Crippen molar-refractivity contribution in [3.05, 3.63) is 106 Å². The Morgan fingerprint density at radius 2 is 1.50 bits per heavy atom. The molecule has 0 radical (unpaired) electrons. The van der Waals surface area contributed by atoms with E-state index >= 15 is 0 Å². The average molecular weight is 482 g/mol. The number of benzene rings is 2. The number of pyridine rings is 1. The molecule has 1 N–H and O–H groups in total. The highest BCUT2D eigenvalue weighted by Gasteiger charge is 2.34. The number of carbonyl (C=O) groups is 3. The van der Waals surface area contributed by atoms with Gasteiger partial charge in [0.15, 0.2) is 0 Å². The molecule has 0 bridgehead atoms. The maximum absolute atomic E-state index is 13.0. The van der Waals surface area contributed by atoms with Crippen LogP contribution in [0, 0.1) is 0 Å². The number of nitrogens with zero attached hydrogens (tertiary/aromatic N) is 4. The molecule has 0 aliphatic carbocycles. The Morgan fingerprint density at radius 3 is 2.19 bits per heavy atom. The first-order valence-electron chi connectivity index (χ1n) is 11.6. The van der Waals surface area contributed by atoms with Crippen LogP contribution < -0.4 is 10.9 Å². The van der Waals surface area contributed by atoms with E-state index in [-0.39, 0.29) is 49.3 Å². The SMILES string of the molecule is O=C(CCCN1C(=O)c2ccccc2C1=O)NCc1nn(Cc2ccccn2)c(=O)c2ccccc12. The van der Waals surface area contributed by atoms with E-state index in [0.717, 1.165) is 0 Å². The van der Waals surface area contributed by atoms with Crippen molar-refractivity contribution >= 4 is 28.5 Å². The van der Waals surface area contributed by atoms with E-state index in [1.807, 2.05) is 18.2 Å². The minimum absolute atomic E-state index is 0.134. The van der Waals surface area contributed by atoms with E-state index in [2.05, 4.69) is 15.4 Å². The van der Waals surface area contributed by atoms with Gasteiger partial charge in [0.1, 0.15) is 0 Å². The third-order valence-electron chi connectivity index (χ3n) is 6.10. The molecule has 180 valence electrons. The summed E-state index contributed by atoms with van der Waals surface area (Å²) in [7, 11) is 0. The molecule has 5 rings (SSSR count). The quantitative estimate of drug-likeness (QED) is 0.387. The van der Waals surface area contributed by atoms with Gasteiger partial charge in [0.05, 0.1) is 41.0 Å². The molecule has 0 saturated heterocycles. The Hall–Kier alpha value is -4.66. The van der Waals surface area contributed by atoms with E-state index in [0.29, 0.717) is 39.7 Å². The van der Waals surface area contributed by atoms with Crippen LogP contribution >= 0.6 is 0 Å². The van der Waals surface area contributed by atoms with Gasteiger partial charge in [-0.1, -0.05) is 36.4 Å². The standard InChI is InChI=1S/C27H23N5O4/c33-24(13-7-15-31-25(34)21-11-3-4-12-22(21)26(31)35)29-16-23-19-9-1-2-10-20(19)27(36)32(30-23)17-18-8-5-6-14-28-18/h1-6,8-12,14H,7,13,15-17H2,(H,29,33). The minimum Gasteiger partial charge on any atom is -0.350 e. The molecule has 36 heavy (non-hydrogen) atoms. The molecule has 2 aromatic heterocycles. The molecule has 3 amide bonds. The Morgan fingerprint density at radius 1 is 0.833 bits per heavy atom. The molecule has 0 atom stereocenters. The fraction of sp³-hybridized carbons (Fsp3) is 0.185. The number of imide groups is 1. The fourth-order valence-electron chi connectivity index (χ4n) is 4.30. The number of aromatic nitrogens is 3. The van der Waals surface area contributed by atoms with Crippen LogP contribution in [-0.4, -0.2) is 43.9 Å². The van der Waals surface area contributed by atoms with Crippen molar-refractivity contribution in [3.8, 4) is 0 Å². The summed E-state index contributed by atoms with van der Waals surface area (Å²) in [5.41, 5.74) is 1.82. The summed E-state index contributed by atoms with van der Waals surface area (Å²) in [6, 6.07) is 19.3. The van der Waals surface area contributed by atoms with Crippen molar-refractivity contribution in [2.45, 2.75) is 25.9 Å². The second-order valence-corrected chi connectivity index (χ2v) is 8.46. The molecule has 4 aromatic rings. The zero-order valence-corrected chi connectivity index (χ0v) is 19.4. The highest BCUT2D eigenvalue weighted by Crippen LogP contribution is 2.22. The van der Waals surface area contributed by atoms with Crippen LogP contribution in [0.5, 0.6) is 0 Å². The zero-order valence-electron chi connectivity index (χ0n) is 19.4. The van der Waals surface area contributed by atoms with Crippen molar-refractivity contribution in [2.75, 3.05) is 6.54 Å². The number of hydrogen-bond donors (Lipinski definition) is 1. The molecule has 1 aliphatic heterocycles. The van der Waals surface area contributed by atoms with Crippen molar-refractivity contribution in [2.24, 2.45) is 0 Å². The van der Waals surface area contributed by atoms with Crippen molar-refractivity contribution in [3.63, 3.8) is 0 Å². The summed E-state index contributed by atoms with van der Waals surface area (Å²) < 4.78 is 1.36. The molecule has 9 heteroatoms. The average Bonchev–Trinajstić information content (AvgIpc) is 3.15. The summed E-state index contributed by atoms with van der Waals surface area (Å²) in [5, 5.41) is 8.54. The molecule has 0 saturated carbocycles. The molecule has 0 unspecified atom stereocenters. The molecular weight excluding hydrogens is 458 g/mol. The summed E-state index contributed by atoms with van der Waals surface area (Å²) in [6.45, 7) is 0.510. The Bertz CT molecular complexity index is 1500. The van der Waals surface area contributed by atoms with Crippen LogP contribution in [-0.2, 0) is 17.9 Å². The van der Waals surface area contributed by atoms with Gasteiger partial charge >= 0.3 is 0 Å². The van der Waals surface area contributed by atoms with E-state index in [9.17, 15) is 19.2 Å². The number of nitrogens with one attached hydrogen (secondary N) is 1. The van der Waals surface area contributed by atoms with E-state index in [1.54, 1.807) is 54.7 Å². The Balaban J connectivity index is 1.24. The molecule has 0 fully saturated rings. The first-order chi connectivity index (χ1) is 17.5. The lowest BCUT2D eigenvalue weighted by atomic mass is 10.1. The second kappa shape index (κ2) is 9.91. The maximum atomic E-state index is 13.0. The van der Waals surface area contributed by atoms with Crippen LogP contribution in [0.4, 0.5) is 0 Å². The highest BCUT2D eigenvalue weighted by atomic mass is 16.2. The van der Waals surface area contributed by atoms with Gasteiger partial charge < -0.3 is 5.32 Å². The monoisotopic (exact) mass is 481 g/mol. The first kappa shape index (κ1) is 23.1. The number of hydrogen-bond acceptors (Lipinski definition) is 6. The van der Waals surface area contributed by atoms with Gasteiger partial charge in [-0.3, -0.25) is 29.1 Å². The van der Waals surface area contributed by atoms with Gasteiger partial charge in [-0.15, -0.1) is 0 Å². The lowest BCUT2D eigenvalue weighted by Crippen LogP contribution is -2.32. The molecule has 2 aromatic carbocycles. The lowest BCUT2D eigenvalue weighted by Gasteiger charge is -2.14. The Labute approximate surface area is 206 Å². The lowest BCUT2D eigenvalue weighted by molar-refractivity contribution is -0.121. The molecule has 1 aliphatic rings. The number of carbonyl (C=O) groups excluding carboxylic acids is 3. The third-order valence-corrected chi connectivity index (χ3v) is 6.10.